The molecule has 0 atom stereocenters. The summed E-state index contributed by atoms with van der Waals surface area (Å²) in [6.07, 6.45) is 0. The molecule has 1 aromatic heterocycles. The van der Waals surface area contributed by atoms with Gasteiger partial charge in [-0.15, -0.1) is 0 Å². The average Bonchev–Trinajstić information content (AvgIpc) is 2.38. The second-order valence-corrected chi connectivity index (χ2v) is 4.71. The molecule has 2 aromatic rings. The van der Waals surface area contributed by atoms with Crippen LogP contribution in [-0.4, -0.2) is 10.5 Å². The second kappa shape index (κ2) is 5.61. The van der Waals surface area contributed by atoms with Gasteiger partial charge in [-0.1, -0.05) is 12.1 Å². The lowest BCUT2D eigenvalue weighted by Crippen LogP contribution is -2.28. The van der Waals surface area contributed by atoms with Crippen molar-refractivity contribution < 1.29 is 4.79 Å². The molecule has 1 heterocycles. The lowest BCUT2D eigenvalue weighted by Gasteiger charge is -2.12. The van der Waals surface area contributed by atoms with E-state index in [2.05, 4.69) is 5.32 Å². The SMILES string of the molecule is Cc1ccc(N)cc1NC(=O)Cn1c(C)cccc1=O. The fourth-order valence-corrected chi connectivity index (χ4v) is 1.93. The molecule has 0 aliphatic carbocycles. The molecule has 104 valence electrons. The van der Waals surface area contributed by atoms with Gasteiger partial charge in [-0.25, -0.2) is 0 Å². The number of carbonyl (C=O) groups excluding carboxylic acids is 1. The Morgan fingerprint density at radius 1 is 1.25 bits per heavy atom. The molecule has 1 amide bonds. The topological polar surface area (TPSA) is 77.1 Å². The molecule has 0 saturated carbocycles. The molecule has 0 unspecified atom stereocenters. The van der Waals surface area contributed by atoms with Crippen molar-refractivity contribution in [1.82, 2.24) is 4.57 Å². The summed E-state index contributed by atoms with van der Waals surface area (Å²) < 4.78 is 1.43. The zero-order chi connectivity index (χ0) is 14.7. The van der Waals surface area contributed by atoms with Gasteiger partial charge in [-0.2, -0.15) is 0 Å². The molecular weight excluding hydrogens is 254 g/mol. The van der Waals surface area contributed by atoms with Crippen molar-refractivity contribution in [2.24, 2.45) is 0 Å². The van der Waals surface area contributed by atoms with E-state index in [1.807, 2.05) is 13.0 Å². The maximum Gasteiger partial charge on any atom is 0.251 e. The first-order chi connectivity index (χ1) is 9.47. The number of pyridine rings is 1. The predicted octanol–water partition coefficient (Wildman–Crippen LogP) is 1.69. The number of amides is 1. The molecule has 5 nitrogen and oxygen atoms in total. The van der Waals surface area contributed by atoms with Gasteiger partial charge in [-0.05, 0) is 37.6 Å². The molecule has 0 aliphatic heterocycles. The highest BCUT2D eigenvalue weighted by Gasteiger charge is 2.08. The Labute approximate surface area is 117 Å². The summed E-state index contributed by atoms with van der Waals surface area (Å²) in [7, 11) is 0. The van der Waals surface area contributed by atoms with Crippen molar-refractivity contribution >= 4 is 17.3 Å². The molecule has 5 heteroatoms. The zero-order valence-corrected chi connectivity index (χ0v) is 11.5. The summed E-state index contributed by atoms with van der Waals surface area (Å²) in [5.41, 5.74) is 8.42. The molecule has 0 fully saturated rings. The summed E-state index contributed by atoms with van der Waals surface area (Å²) >= 11 is 0. The number of hydrogen-bond donors (Lipinski definition) is 2. The van der Waals surface area contributed by atoms with Crippen LogP contribution < -0.4 is 16.6 Å². The van der Waals surface area contributed by atoms with Crippen LogP contribution in [0.5, 0.6) is 0 Å². The van der Waals surface area contributed by atoms with Crippen LogP contribution in [0.1, 0.15) is 11.3 Å². The van der Waals surface area contributed by atoms with E-state index >= 15 is 0 Å². The van der Waals surface area contributed by atoms with Crippen LogP contribution in [0.25, 0.3) is 0 Å². The quantitative estimate of drug-likeness (QED) is 0.834. The second-order valence-electron chi connectivity index (χ2n) is 4.71. The zero-order valence-electron chi connectivity index (χ0n) is 11.5. The van der Waals surface area contributed by atoms with E-state index in [1.54, 1.807) is 31.2 Å². The van der Waals surface area contributed by atoms with Gasteiger partial charge in [0.25, 0.3) is 5.56 Å². The minimum atomic E-state index is -0.255. The molecule has 3 N–H and O–H groups in total. The van der Waals surface area contributed by atoms with Crippen LogP contribution in [0.3, 0.4) is 0 Å². The molecule has 0 saturated heterocycles. The predicted molar refractivity (Wildman–Crippen MR) is 79.7 cm³/mol. The van der Waals surface area contributed by atoms with E-state index in [0.717, 1.165) is 11.3 Å². The number of nitrogen functional groups attached to an aromatic ring is 1. The third kappa shape index (κ3) is 3.06. The third-order valence-corrected chi connectivity index (χ3v) is 3.11. The van der Waals surface area contributed by atoms with Crippen LogP contribution in [0, 0.1) is 13.8 Å². The molecule has 20 heavy (non-hydrogen) atoms. The summed E-state index contributed by atoms with van der Waals surface area (Å²) in [5.74, 6) is -0.255. The molecule has 2 rings (SSSR count). The Morgan fingerprint density at radius 2 is 2.00 bits per heavy atom. The highest BCUT2D eigenvalue weighted by Crippen LogP contribution is 2.18. The largest absolute Gasteiger partial charge is 0.399 e. The number of aryl methyl sites for hydroxylation is 2. The Balaban J connectivity index is 2.17. The molecule has 0 radical (unpaired) electrons. The number of nitrogens with one attached hydrogen (secondary N) is 1. The van der Waals surface area contributed by atoms with Crippen molar-refractivity contribution in [1.29, 1.82) is 0 Å². The Bertz CT molecular complexity index is 705. The highest BCUT2D eigenvalue weighted by atomic mass is 16.2. The normalized spacial score (nSPS) is 10.3. The molecule has 1 aromatic carbocycles. The van der Waals surface area contributed by atoms with Gasteiger partial charge in [-0.3, -0.25) is 9.59 Å². The van der Waals surface area contributed by atoms with E-state index < -0.39 is 0 Å². The maximum absolute atomic E-state index is 12.0. The third-order valence-electron chi connectivity index (χ3n) is 3.11. The van der Waals surface area contributed by atoms with Gasteiger partial charge in [0.15, 0.2) is 0 Å². The van der Waals surface area contributed by atoms with E-state index in [1.165, 1.54) is 10.6 Å². The standard InChI is InChI=1S/C15H17N3O2/c1-10-6-7-12(16)8-13(10)17-14(19)9-18-11(2)4-3-5-15(18)20/h3-8H,9,16H2,1-2H3,(H,17,19). The Morgan fingerprint density at radius 3 is 2.70 bits per heavy atom. The van der Waals surface area contributed by atoms with Gasteiger partial charge in [0, 0.05) is 23.1 Å². The maximum atomic E-state index is 12.0. The minimum Gasteiger partial charge on any atom is -0.399 e. The van der Waals surface area contributed by atoms with Crippen LogP contribution in [0.2, 0.25) is 0 Å². The van der Waals surface area contributed by atoms with Crippen LogP contribution in [0.15, 0.2) is 41.2 Å². The molecule has 0 aliphatic rings. The van der Waals surface area contributed by atoms with Crippen LogP contribution >= 0.6 is 0 Å². The fraction of sp³-hybridized carbons (Fsp3) is 0.200. The smallest absolute Gasteiger partial charge is 0.251 e. The minimum absolute atomic E-state index is 0.0141. The number of nitrogens with zero attached hydrogens (tertiary/aromatic N) is 1. The van der Waals surface area contributed by atoms with Gasteiger partial charge in [0.2, 0.25) is 5.91 Å². The highest BCUT2D eigenvalue weighted by molar-refractivity contribution is 5.91. The summed E-state index contributed by atoms with van der Waals surface area (Å²) in [4.78, 5) is 23.8. The van der Waals surface area contributed by atoms with Gasteiger partial charge < -0.3 is 15.6 Å². The van der Waals surface area contributed by atoms with E-state index in [4.69, 9.17) is 5.73 Å². The van der Waals surface area contributed by atoms with Crippen molar-refractivity contribution in [3.05, 3.63) is 58.0 Å². The van der Waals surface area contributed by atoms with Gasteiger partial charge in [0.1, 0.15) is 6.54 Å². The van der Waals surface area contributed by atoms with Crippen LogP contribution in [-0.2, 0) is 11.3 Å². The van der Waals surface area contributed by atoms with Crippen molar-refractivity contribution in [2.45, 2.75) is 20.4 Å². The number of carbonyl (C=O) groups is 1. The first-order valence-electron chi connectivity index (χ1n) is 6.30. The van der Waals surface area contributed by atoms with E-state index in [-0.39, 0.29) is 18.0 Å². The lowest BCUT2D eigenvalue weighted by molar-refractivity contribution is -0.116. The van der Waals surface area contributed by atoms with E-state index in [0.29, 0.717) is 11.4 Å². The molecular formula is C15H17N3O2. The summed E-state index contributed by atoms with van der Waals surface area (Å²) in [6.45, 7) is 3.66. The van der Waals surface area contributed by atoms with E-state index in [9.17, 15) is 9.59 Å². The van der Waals surface area contributed by atoms with Crippen LogP contribution in [0.4, 0.5) is 11.4 Å². The number of aromatic nitrogens is 1. The van der Waals surface area contributed by atoms with Crippen molar-refractivity contribution in [3.63, 3.8) is 0 Å². The number of anilines is 2. The number of hydrogen-bond acceptors (Lipinski definition) is 3. The van der Waals surface area contributed by atoms with Gasteiger partial charge >= 0.3 is 0 Å². The number of rotatable bonds is 3. The Hall–Kier alpha value is -2.56. The average molecular weight is 271 g/mol. The fourth-order valence-electron chi connectivity index (χ4n) is 1.93. The number of benzene rings is 1. The number of nitrogens with two attached hydrogens (primary N) is 1. The first-order valence-corrected chi connectivity index (χ1v) is 6.30. The Kier molecular flexibility index (Phi) is 3.89. The monoisotopic (exact) mass is 271 g/mol. The summed E-state index contributed by atoms with van der Waals surface area (Å²) in [6, 6.07) is 10.2. The summed E-state index contributed by atoms with van der Waals surface area (Å²) in [5, 5.41) is 2.78. The first kappa shape index (κ1) is 13.9. The van der Waals surface area contributed by atoms with Crippen molar-refractivity contribution in [3.8, 4) is 0 Å². The van der Waals surface area contributed by atoms with Gasteiger partial charge in [0.05, 0.1) is 0 Å². The molecule has 0 bridgehead atoms. The lowest BCUT2D eigenvalue weighted by atomic mass is 10.2. The molecule has 0 spiro atoms. The van der Waals surface area contributed by atoms with Crippen molar-refractivity contribution in [2.75, 3.05) is 11.1 Å².